The van der Waals surface area contributed by atoms with Gasteiger partial charge in [-0.15, -0.1) is 21.8 Å². The standard InChI is InChI=1S/C13H11ClN4/c14-7-12-16-17-13(18(12)11-5-6-11)10-3-1-9(8-15)2-4-10/h1-4,11H,5-7H2. The van der Waals surface area contributed by atoms with Gasteiger partial charge in [-0.3, -0.25) is 0 Å². The van der Waals surface area contributed by atoms with Gasteiger partial charge in [-0.1, -0.05) is 0 Å². The fourth-order valence-corrected chi connectivity index (χ4v) is 2.20. The van der Waals surface area contributed by atoms with E-state index in [9.17, 15) is 0 Å². The Morgan fingerprint density at radius 1 is 1.28 bits per heavy atom. The molecule has 4 nitrogen and oxygen atoms in total. The molecular weight excluding hydrogens is 248 g/mol. The van der Waals surface area contributed by atoms with Crippen LogP contribution in [-0.4, -0.2) is 14.8 Å². The third-order valence-electron chi connectivity index (χ3n) is 3.07. The minimum absolute atomic E-state index is 0.375. The molecule has 0 radical (unpaired) electrons. The third kappa shape index (κ3) is 1.87. The van der Waals surface area contributed by atoms with Crippen LogP contribution >= 0.6 is 11.6 Å². The van der Waals surface area contributed by atoms with Crippen molar-refractivity contribution in [1.29, 1.82) is 5.26 Å². The van der Waals surface area contributed by atoms with Crippen molar-refractivity contribution >= 4 is 11.6 Å². The lowest BCUT2D eigenvalue weighted by Gasteiger charge is -2.07. The molecule has 1 aliphatic rings. The van der Waals surface area contributed by atoms with Crippen LogP contribution in [0.3, 0.4) is 0 Å². The Balaban J connectivity index is 2.05. The van der Waals surface area contributed by atoms with Gasteiger partial charge in [0.15, 0.2) is 5.82 Å². The van der Waals surface area contributed by atoms with Gasteiger partial charge in [0, 0.05) is 11.6 Å². The third-order valence-corrected chi connectivity index (χ3v) is 3.31. The van der Waals surface area contributed by atoms with Crippen molar-refractivity contribution < 1.29 is 0 Å². The average Bonchev–Trinajstić information content (AvgIpc) is 3.18. The molecule has 0 N–H and O–H groups in total. The first kappa shape index (κ1) is 11.2. The van der Waals surface area contributed by atoms with Crippen LogP contribution < -0.4 is 0 Å². The quantitative estimate of drug-likeness (QED) is 0.796. The molecule has 3 rings (SSSR count). The molecule has 2 aromatic rings. The topological polar surface area (TPSA) is 54.5 Å². The zero-order valence-electron chi connectivity index (χ0n) is 9.67. The van der Waals surface area contributed by atoms with Gasteiger partial charge in [0.1, 0.15) is 5.82 Å². The molecule has 0 spiro atoms. The summed E-state index contributed by atoms with van der Waals surface area (Å²) in [6, 6.07) is 9.98. The molecule has 1 heterocycles. The van der Waals surface area contributed by atoms with Crippen molar-refractivity contribution in [3.05, 3.63) is 35.7 Å². The highest BCUT2D eigenvalue weighted by molar-refractivity contribution is 6.16. The molecule has 18 heavy (non-hydrogen) atoms. The molecule has 0 aliphatic heterocycles. The molecule has 90 valence electrons. The predicted octanol–water partition coefficient (Wildman–Crippen LogP) is 2.89. The number of nitriles is 1. The summed E-state index contributed by atoms with van der Waals surface area (Å²) in [5.74, 6) is 2.04. The normalized spacial score (nSPS) is 14.4. The van der Waals surface area contributed by atoms with E-state index >= 15 is 0 Å². The van der Waals surface area contributed by atoms with Gasteiger partial charge in [-0.05, 0) is 37.1 Å². The second-order valence-corrected chi connectivity index (χ2v) is 4.63. The lowest BCUT2D eigenvalue weighted by molar-refractivity contribution is 0.712. The minimum Gasteiger partial charge on any atom is -0.307 e. The van der Waals surface area contributed by atoms with Crippen molar-refractivity contribution in [2.24, 2.45) is 0 Å². The first-order valence-electron chi connectivity index (χ1n) is 5.83. The molecule has 1 fully saturated rings. The summed E-state index contributed by atoms with van der Waals surface area (Å²) in [6.45, 7) is 0. The maximum absolute atomic E-state index is 8.79. The summed E-state index contributed by atoms with van der Waals surface area (Å²) in [7, 11) is 0. The molecule has 1 saturated carbocycles. The molecule has 1 aromatic carbocycles. The molecule has 0 atom stereocenters. The summed E-state index contributed by atoms with van der Waals surface area (Å²) in [5.41, 5.74) is 1.62. The van der Waals surface area contributed by atoms with Crippen LogP contribution in [0.1, 0.15) is 30.3 Å². The lowest BCUT2D eigenvalue weighted by Crippen LogP contribution is -2.01. The fraction of sp³-hybridized carbons (Fsp3) is 0.308. The summed E-state index contributed by atoms with van der Waals surface area (Å²) in [6.07, 6.45) is 2.32. The summed E-state index contributed by atoms with van der Waals surface area (Å²) < 4.78 is 2.12. The number of rotatable bonds is 3. The van der Waals surface area contributed by atoms with E-state index in [1.165, 1.54) is 0 Å². The second kappa shape index (κ2) is 4.43. The Hall–Kier alpha value is -1.86. The number of hydrogen-bond acceptors (Lipinski definition) is 3. The lowest BCUT2D eigenvalue weighted by atomic mass is 10.1. The number of hydrogen-bond donors (Lipinski definition) is 0. The maximum atomic E-state index is 8.79. The Kier molecular flexibility index (Phi) is 2.77. The van der Waals surface area contributed by atoms with E-state index in [0.717, 1.165) is 30.1 Å². The fourth-order valence-electron chi connectivity index (χ4n) is 2.02. The minimum atomic E-state index is 0.375. The molecule has 0 amide bonds. The van der Waals surface area contributed by atoms with Crippen LogP contribution in [0.15, 0.2) is 24.3 Å². The van der Waals surface area contributed by atoms with Crippen LogP contribution in [0, 0.1) is 11.3 Å². The summed E-state index contributed by atoms with van der Waals surface area (Å²) >= 11 is 5.89. The summed E-state index contributed by atoms with van der Waals surface area (Å²) in [5, 5.41) is 17.1. The van der Waals surface area contributed by atoms with E-state index in [1.54, 1.807) is 12.1 Å². The number of alkyl halides is 1. The maximum Gasteiger partial charge on any atom is 0.164 e. The van der Waals surface area contributed by atoms with E-state index in [-0.39, 0.29) is 0 Å². The highest BCUT2D eigenvalue weighted by Gasteiger charge is 2.29. The first-order chi connectivity index (χ1) is 8.83. The monoisotopic (exact) mass is 258 g/mol. The molecule has 0 bridgehead atoms. The van der Waals surface area contributed by atoms with E-state index in [2.05, 4.69) is 20.8 Å². The van der Waals surface area contributed by atoms with Crippen molar-refractivity contribution in [3.8, 4) is 17.5 Å². The van der Waals surface area contributed by atoms with Crippen LogP contribution in [0.4, 0.5) is 0 Å². The predicted molar refractivity (Wildman–Crippen MR) is 68.0 cm³/mol. The Bertz CT molecular complexity index is 605. The molecule has 1 aliphatic carbocycles. The van der Waals surface area contributed by atoms with Gasteiger partial charge in [0.25, 0.3) is 0 Å². The Labute approximate surface area is 110 Å². The van der Waals surface area contributed by atoms with Crippen molar-refractivity contribution in [1.82, 2.24) is 14.8 Å². The molecule has 1 aromatic heterocycles. The number of halogens is 1. The van der Waals surface area contributed by atoms with Crippen LogP contribution in [0.2, 0.25) is 0 Å². The average molecular weight is 259 g/mol. The molecular formula is C13H11ClN4. The van der Waals surface area contributed by atoms with Crippen molar-refractivity contribution in [2.75, 3.05) is 0 Å². The van der Waals surface area contributed by atoms with Gasteiger partial charge in [0.05, 0.1) is 17.5 Å². The number of nitrogens with zero attached hydrogens (tertiary/aromatic N) is 4. The zero-order valence-corrected chi connectivity index (χ0v) is 10.4. The van der Waals surface area contributed by atoms with Gasteiger partial charge in [-0.2, -0.15) is 5.26 Å². The van der Waals surface area contributed by atoms with Crippen molar-refractivity contribution in [3.63, 3.8) is 0 Å². The van der Waals surface area contributed by atoms with E-state index in [1.807, 2.05) is 12.1 Å². The smallest absolute Gasteiger partial charge is 0.164 e. The largest absolute Gasteiger partial charge is 0.307 e. The zero-order chi connectivity index (χ0) is 12.5. The Morgan fingerprint density at radius 2 is 2.00 bits per heavy atom. The van der Waals surface area contributed by atoms with Gasteiger partial charge in [0.2, 0.25) is 0 Å². The van der Waals surface area contributed by atoms with Crippen LogP contribution in [0.25, 0.3) is 11.4 Å². The molecule has 0 unspecified atom stereocenters. The van der Waals surface area contributed by atoms with Gasteiger partial charge >= 0.3 is 0 Å². The number of aromatic nitrogens is 3. The molecule has 0 saturated heterocycles. The van der Waals surface area contributed by atoms with Crippen molar-refractivity contribution in [2.45, 2.75) is 24.8 Å². The van der Waals surface area contributed by atoms with Crippen LogP contribution in [0.5, 0.6) is 0 Å². The van der Waals surface area contributed by atoms with E-state index < -0.39 is 0 Å². The highest BCUT2D eigenvalue weighted by atomic mass is 35.5. The molecule has 5 heteroatoms. The number of benzene rings is 1. The van der Waals surface area contributed by atoms with Gasteiger partial charge < -0.3 is 4.57 Å². The SMILES string of the molecule is N#Cc1ccc(-c2nnc(CCl)n2C2CC2)cc1. The van der Waals surface area contributed by atoms with E-state index in [4.69, 9.17) is 16.9 Å². The highest BCUT2D eigenvalue weighted by Crippen LogP contribution is 2.39. The van der Waals surface area contributed by atoms with E-state index in [0.29, 0.717) is 17.5 Å². The second-order valence-electron chi connectivity index (χ2n) is 4.36. The van der Waals surface area contributed by atoms with Crippen LogP contribution in [-0.2, 0) is 5.88 Å². The Morgan fingerprint density at radius 3 is 2.56 bits per heavy atom. The summed E-state index contributed by atoms with van der Waals surface area (Å²) in [4.78, 5) is 0. The van der Waals surface area contributed by atoms with Gasteiger partial charge in [-0.25, -0.2) is 0 Å². The first-order valence-corrected chi connectivity index (χ1v) is 6.37.